The third kappa shape index (κ3) is 3.13. The second kappa shape index (κ2) is 5.18. The molecule has 106 valence electrons. The summed E-state index contributed by atoms with van der Waals surface area (Å²) in [5, 5.41) is 0.649. The topological polar surface area (TPSA) is 85.4 Å². The number of aryl methyl sites for hydroxylation is 2. The lowest BCUT2D eigenvalue weighted by Crippen LogP contribution is -2.38. The zero-order valence-electron chi connectivity index (χ0n) is 11.0. The molecule has 8 heteroatoms. The van der Waals surface area contributed by atoms with Crippen molar-refractivity contribution in [2.45, 2.75) is 50.0 Å². The zero-order chi connectivity index (χ0) is 14.2. The van der Waals surface area contributed by atoms with Gasteiger partial charge in [-0.15, -0.1) is 11.3 Å². The summed E-state index contributed by atoms with van der Waals surface area (Å²) in [5.74, 6) is -0.602. The van der Waals surface area contributed by atoms with Gasteiger partial charge >= 0.3 is 0 Å². The summed E-state index contributed by atoms with van der Waals surface area (Å²) >= 11 is 1.05. The summed E-state index contributed by atoms with van der Waals surface area (Å²) in [4.78, 5) is 15.9. The molecule has 0 saturated carbocycles. The van der Waals surface area contributed by atoms with Gasteiger partial charge < -0.3 is 4.74 Å². The predicted molar refractivity (Wildman–Crippen MR) is 70.5 cm³/mol. The molecule has 2 heterocycles. The van der Waals surface area contributed by atoms with Crippen LogP contribution in [0.3, 0.4) is 0 Å². The summed E-state index contributed by atoms with van der Waals surface area (Å²) in [6.07, 6.45) is 0.616. The van der Waals surface area contributed by atoms with Crippen LogP contribution < -0.4 is 4.72 Å². The van der Waals surface area contributed by atoms with E-state index in [0.717, 1.165) is 17.8 Å². The molecule has 1 amide bonds. The molecule has 1 aromatic rings. The largest absolute Gasteiger partial charge is 0.365 e. The number of carbonyl (C=O) groups excluding carboxylic acids is 1. The summed E-state index contributed by atoms with van der Waals surface area (Å²) in [6, 6.07) is 0. The van der Waals surface area contributed by atoms with Crippen LogP contribution in [0.1, 0.15) is 30.5 Å². The number of sulfonamides is 1. The van der Waals surface area contributed by atoms with E-state index in [9.17, 15) is 13.2 Å². The molecule has 2 atom stereocenters. The first kappa shape index (κ1) is 14.4. The Hall–Kier alpha value is -0.990. The lowest BCUT2D eigenvalue weighted by atomic mass is 10.2. The third-order valence-corrected chi connectivity index (χ3v) is 5.89. The highest BCUT2D eigenvalue weighted by atomic mass is 32.2. The number of hydrogen-bond donors (Lipinski definition) is 1. The van der Waals surface area contributed by atoms with Crippen molar-refractivity contribution in [2.24, 2.45) is 0 Å². The van der Waals surface area contributed by atoms with Gasteiger partial charge in [-0.3, -0.25) is 4.79 Å². The van der Waals surface area contributed by atoms with E-state index >= 15 is 0 Å². The fourth-order valence-electron chi connectivity index (χ4n) is 2.00. The quantitative estimate of drug-likeness (QED) is 0.905. The molecule has 1 saturated heterocycles. The summed E-state index contributed by atoms with van der Waals surface area (Å²) < 4.78 is 31.7. The van der Waals surface area contributed by atoms with Crippen LogP contribution in [0, 0.1) is 13.8 Å². The molecule has 6 nitrogen and oxygen atoms in total. The molecule has 1 aromatic heterocycles. The Morgan fingerprint density at radius 1 is 1.42 bits per heavy atom. The summed E-state index contributed by atoms with van der Waals surface area (Å²) in [6.45, 7) is 5.19. The molecule has 0 unspecified atom stereocenters. The fourth-order valence-corrected chi connectivity index (χ4v) is 4.50. The van der Waals surface area contributed by atoms with Gasteiger partial charge in [0.15, 0.2) is 4.21 Å². The van der Waals surface area contributed by atoms with Gasteiger partial charge in [-0.25, -0.2) is 18.1 Å². The fraction of sp³-hybridized carbons (Fsp3) is 0.636. The van der Waals surface area contributed by atoms with Crippen molar-refractivity contribution in [2.75, 3.05) is 0 Å². The van der Waals surface area contributed by atoms with Crippen molar-refractivity contribution in [3.8, 4) is 0 Å². The maximum absolute atomic E-state index is 12.1. The van der Waals surface area contributed by atoms with E-state index in [2.05, 4.69) is 9.71 Å². The number of ether oxygens (including phenoxy) is 1. The van der Waals surface area contributed by atoms with E-state index in [1.807, 2.05) is 6.92 Å². The predicted octanol–water partition coefficient (Wildman–Crippen LogP) is 1.13. The van der Waals surface area contributed by atoms with Crippen molar-refractivity contribution < 1.29 is 17.9 Å². The lowest BCUT2D eigenvalue weighted by Gasteiger charge is -2.11. The SMILES string of the molecule is Cc1nc(C)c(S(=O)(=O)NC(=O)[C@@H]2CC[C@@H](C)O2)s1. The Balaban J connectivity index is 2.13. The Bertz CT molecular complexity index is 594. The maximum atomic E-state index is 12.1. The van der Waals surface area contributed by atoms with Crippen LogP contribution in [0.5, 0.6) is 0 Å². The number of aromatic nitrogens is 1. The smallest absolute Gasteiger partial charge is 0.275 e. The highest BCUT2D eigenvalue weighted by Crippen LogP contribution is 2.24. The lowest BCUT2D eigenvalue weighted by molar-refractivity contribution is -0.129. The van der Waals surface area contributed by atoms with Gasteiger partial charge in [-0.05, 0) is 33.6 Å². The Labute approximate surface area is 116 Å². The monoisotopic (exact) mass is 304 g/mol. The molecule has 19 heavy (non-hydrogen) atoms. The molecule has 1 aliphatic heterocycles. The average Bonchev–Trinajstić information content (AvgIpc) is 2.84. The number of carbonyl (C=O) groups is 1. The minimum absolute atomic E-state index is 0.00848. The van der Waals surface area contributed by atoms with Gasteiger partial charge in [-0.1, -0.05) is 0 Å². The molecule has 1 aliphatic rings. The van der Waals surface area contributed by atoms with Crippen LogP contribution in [0.15, 0.2) is 4.21 Å². The molecule has 1 N–H and O–H groups in total. The van der Waals surface area contributed by atoms with Crippen LogP contribution in [0.4, 0.5) is 0 Å². The highest BCUT2D eigenvalue weighted by Gasteiger charge is 2.32. The van der Waals surface area contributed by atoms with Gasteiger partial charge in [0.25, 0.3) is 15.9 Å². The molecule has 2 rings (SSSR count). The van der Waals surface area contributed by atoms with E-state index in [-0.39, 0.29) is 10.3 Å². The first-order chi connectivity index (χ1) is 8.79. The maximum Gasteiger partial charge on any atom is 0.275 e. The van der Waals surface area contributed by atoms with Crippen molar-refractivity contribution in [3.05, 3.63) is 10.7 Å². The molecular formula is C11H16N2O4S2. The van der Waals surface area contributed by atoms with E-state index in [4.69, 9.17) is 4.74 Å². The van der Waals surface area contributed by atoms with Gasteiger partial charge in [0, 0.05) is 0 Å². The minimum atomic E-state index is -3.85. The Kier molecular flexibility index (Phi) is 3.93. The van der Waals surface area contributed by atoms with Crippen LogP contribution >= 0.6 is 11.3 Å². The van der Waals surface area contributed by atoms with Crippen LogP contribution in [0.2, 0.25) is 0 Å². The zero-order valence-corrected chi connectivity index (χ0v) is 12.6. The van der Waals surface area contributed by atoms with E-state index < -0.39 is 22.0 Å². The van der Waals surface area contributed by atoms with Gasteiger partial charge in [0.1, 0.15) is 6.10 Å². The van der Waals surface area contributed by atoms with Crippen LogP contribution in [-0.2, 0) is 19.6 Å². The molecule has 1 fully saturated rings. The Morgan fingerprint density at radius 3 is 2.58 bits per heavy atom. The summed E-state index contributed by atoms with van der Waals surface area (Å²) in [5.41, 5.74) is 0.406. The van der Waals surface area contributed by atoms with Gasteiger partial charge in [0.05, 0.1) is 16.8 Å². The molecule has 0 spiro atoms. The van der Waals surface area contributed by atoms with E-state index in [1.54, 1.807) is 13.8 Å². The van der Waals surface area contributed by atoms with Gasteiger partial charge in [0.2, 0.25) is 0 Å². The number of hydrogen-bond acceptors (Lipinski definition) is 6. The molecule has 0 aromatic carbocycles. The van der Waals surface area contributed by atoms with Crippen molar-refractivity contribution in [1.29, 1.82) is 0 Å². The van der Waals surface area contributed by atoms with E-state index in [1.165, 1.54) is 0 Å². The number of rotatable bonds is 3. The van der Waals surface area contributed by atoms with Crippen molar-refractivity contribution in [3.63, 3.8) is 0 Å². The first-order valence-corrected chi connectivity index (χ1v) is 8.25. The standard InChI is InChI=1S/C11H16N2O4S2/c1-6-4-5-9(17-6)10(14)13-19(15,16)11-7(2)12-8(3)18-11/h6,9H,4-5H2,1-3H3,(H,13,14)/t6-,9+/m1/s1. The number of nitrogens with one attached hydrogen (secondary N) is 1. The highest BCUT2D eigenvalue weighted by molar-refractivity contribution is 7.92. The first-order valence-electron chi connectivity index (χ1n) is 5.96. The van der Waals surface area contributed by atoms with E-state index in [0.29, 0.717) is 17.1 Å². The molecule has 0 radical (unpaired) electrons. The molecule has 0 aliphatic carbocycles. The number of nitrogens with zero attached hydrogens (tertiary/aromatic N) is 1. The normalized spacial score (nSPS) is 23.5. The third-order valence-electron chi connectivity index (χ3n) is 2.86. The summed E-state index contributed by atoms with van der Waals surface area (Å²) in [7, 11) is -3.85. The molecule has 0 bridgehead atoms. The second-order valence-electron chi connectivity index (χ2n) is 4.59. The minimum Gasteiger partial charge on any atom is -0.365 e. The Morgan fingerprint density at radius 2 is 2.11 bits per heavy atom. The molecular weight excluding hydrogens is 288 g/mol. The second-order valence-corrected chi connectivity index (χ2v) is 7.67. The van der Waals surface area contributed by atoms with Crippen LogP contribution in [0.25, 0.3) is 0 Å². The van der Waals surface area contributed by atoms with Crippen LogP contribution in [-0.4, -0.2) is 31.5 Å². The van der Waals surface area contributed by atoms with Crippen molar-refractivity contribution >= 4 is 27.3 Å². The van der Waals surface area contributed by atoms with Gasteiger partial charge in [-0.2, -0.15) is 0 Å². The number of thiazole rings is 1. The average molecular weight is 304 g/mol. The van der Waals surface area contributed by atoms with Crippen molar-refractivity contribution in [1.82, 2.24) is 9.71 Å². The number of amides is 1.